The van der Waals surface area contributed by atoms with Crippen LogP contribution in [0.4, 0.5) is 34.9 Å². The molecule has 0 saturated carbocycles. The fraction of sp³-hybridized carbons (Fsp3) is 0.105. The number of halogens is 4. The monoisotopic (exact) mass is 402 g/mol. The standard InChI is InChI=1S/C19H14F4N6/c20-10-11-4-6-12(7-5-11)25-14-9-13(24)26-18(27-14)16-17(19(21,22)23)28-15-3-1-2-8-29(15)16/h1-9H,10H2,(H3,24,25,26,27). The SMILES string of the molecule is Nc1cc(Nc2ccc(CF)cc2)nc(-c2c(C(F)(F)F)nc3ccccn23)n1. The highest BCUT2D eigenvalue weighted by Crippen LogP contribution is 2.36. The quantitative estimate of drug-likeness (QED) is 0.488. The summed E-state index contributed by atoms with van der Waals surface area (Å²) < 4.78 is 54.7. The Kier molecular flexibility index (Phi) is 4.53. The molecule has 0 atom stereocenters. The maximum absolute atomic E-state index is 13.6. The van der Waals surface area contributed by atoms with E-state index in [1.807, 2.05) is 0 Å². The lowest BCUT2D eigenvalue weighted by molar-refractivity contribution is -0.140. The molecule has 6 nitrogen and oxygen atoms in total. The second-order valence-corrected chi connectivity index (χ2v) is 6.19. The van der Waals surface area contributed by atoms with Gasteiger partial charge in [0.2, 0.25) is 0 Å². The largest absolute Gasteiger partial charge is 0.435 e. The van der Waals surface area contributed by atoms with Crippen LogP contribution in [0.1, 0.15) is 11.3 Å². The van der Waals surface area contributed by atoms with Gasteiger partial charge >= 0.3 is 6.18 Å². The molecule has 3 heterocycles. The van der Waals surface area contributed by atoms with Crippen LogP contribution in [0.15, 0.2) is 54.7 Å². The van der Waals surface area contributed by atoms with Crippen LogP contribution in [-0.4, -0.2) is 19.4 Å². The van der Waals surface area contributed by atoms with Crippen LogP contribution in [0.25, 0.3) is 17.2 Å². The van der Waals surface area contributed by atoms with E-state index in [9.17, 15) is 17.6 Å². The van der Waals surface area contributed by atoms with Crippen molar-refractivity contribution in [1.29, 1.82) is 0 Å². The summed E-state index contributed by atoms with van der Waals surface area (Å²) >= 11 is 0. The van der Waals surface area contributed by atoms with Crippen LogP contribution in [0.3, 0.4) is 0 Å². The van der Waals surface area contributed by atoms with E-state index in [-0.39, 0.29) is 28.8 Å². The topological polar surface area (TPSA) is 81.1 Å². The molecule has 3 aromatic heterocycles. The van der Waals surface area contributed by atoms with Gasteiger partial charge in [0.1, 0.15) is 29.7 Å². The number of pyridine rings is 1. The Labute approximate surface area is 162 Å². The van der Waals surface area contributed by atoms with Gasteiger partial charge in [0.05, 0.1) is 0 Å². The van der Waals surface area contributed by atoms with E-state index in [2.05, 4.69) is 20.3 Å². The van der Waals surface area contributed by atoms with Crippen molar-refractivity contribution in [3.05, 3.63) is 66.0 Å². The average molecular weight is 402 g/mol. The Morgan fingerprint density at radius 1 is 1.00 bits per heavy atom. The normalized spacial score (nSPS) is 11.7. The van der Waals surface area contributed by atoms with Gasteiger partial charge in [-0.15, -0.1) is 0 Å². The highest BCUT2D eigenvalue weighted by molar-refractivity contribution is 5.67. The molecule has 148 valence electrons. The zero-order valence-corrected chi connectivity index (χ0v) is 14.8. The molecular weight excluding hydrogens is 388 g/mol. The van der Waals surface area contributed by atoms with E-state index in [0.717, 1.165) is 0 Å². The summed E-state index contributed by atoms with van der Waals surface area (Å²) in [4.78, 5) is 11.9. The summed E-state index contributed by atoms with van der Waals surface area (Å²) in [6.45, 7) is -0.598. The molecule has 0 aliphatic carbocycles. The summed E-state index contributed by atoms with van der Waals surface area (Å²) in [5.74, 6) is -0.0460. The number of fused-ring (bicyclic) bond motifs is 1. The highest BCUT2D eigenvalue weighted by atomic mass is 19.4. The number of imidazole rings is 1. The molecule has 3 N–H and O–H groups in total. The molecule has 10 heteroatoms. The number of nitrogen functional groups attached to an aromatic ring is 1. The number of rotatable bonds is 4. The first-order valence-corrected chi connectivity index (χ1v) is 8.46. The summed E-state index contributed by atoms with van der Waals surface area (Å²) in [5.41, 5.74) is 5.58. The summed E-state index contributed by atoms with van der Waals surface area (Å²) in [6, 6.07) is 12.4. The third-order valence-corrected chi connectivity index (χ3v) is 4.14. The van der Waals surface area contributed by atoms with E-state index in [1.165, 1.54) is 22.7 Å². The van der Waals surface area contributed by atoms with E-state index in [1.54, 1.807) is 36.4 Å². The van der Waals surface area contributed by atoms with Gasteiger partial charge in [-0.3, -0.25) is 4.40 Å². The Hall–Kier alpha value is -3.69. The Balaban J connectivity index is 1.82. The molecule has 4 rings (SSSR count). The molecule has 0 bridgehead atoms. The van der Waals surface area contributed by atoms with Crippen LogP contribution in [0.2, 0.25) is 0 Å². The van der Waals surface area contributed by atoms with Gasteiger partial charge < -0.3 is 11.1 Å². The lowest BCUT2D eigenvalue weighted by Crippen LogP contribution is -2.10. The molecule has 0 amide bonds. The second-order valence-electron chi connectivity index (χ2n) is 6.19. The second kappa shape index (κ2) is 7.04. The van der Waals surface area contributed by atoms with Crippen LogP contribution < -0.4 is 11.1 Å². The van der Waals surface area contributed by atoms with Crippen molar-refractivity contribution in [3.8, 4) is 11.5 Å². The molecule has 0 radical (unpaired) electrons. The lowest BCUT2D eigenvalue weighted by atomic mass is 10.2. The van der Waals surface area contributed by atoms with E-state index < -0.39 is 18.5 Å². The number of aromatic nitrogens is 4. The summed E-state index contributed by atoms with van der Waals surface area (Å²) in [5, 5.41) is 2.94. The molecule has 4 aromatic rings. The van der Waals surface area contributed by atoms with Crippen LogP contribution in [-0.2, 0) is 12.9 Å². The van der Waals surface area contributed by atoms with Crippen LogP contribution >= 0.6 is 0 Å². The molecule has 0 aliphatic rings. The fourth-order valence-electron chi connectivity index (χ4n) is 2.87. The maximum Gasteiger partial charge on any atom is 0.435 e. The number of hydrogen-bond donors (Lipinski definition) is 2. The maximum atomic E-state index is 13.6. The van der Waals surface area contributed by atoms with Gasteiger partial charge in [-0.2, -0.15) is 13.2 Å². The first-order valence-electron chi connectivity index (χ1n) is 8.46. The van der Waals surface area contributed by atoms with Gasteiger partial charge in [-0.25, -0.2) is 19.3 Å². The van der Waals surface area contributed by atoms with Gasteiger partial charge in [0, 0.05) is 18.0 Å². The minimum absolute atomic E-state index is 0.0168. The van der Waals surface area contributed by atoms with Gasteiger partial charge in [-0.05, 0) is 29.8 Å². The molecule has 1 aromatic carbocycles. The van der Waals surface area contributed by atoms with Crippen molar-refractivity contribution >= 4 is 23.0 Å². The number of benzene rings is 1. The van der Waals surface area contributed by atoms with Gasteiger partial charge in [0.25, 0.3) is 0 Å². The predicted octanol–water partition coefficient (Wildman–Crippen LogP) is 4.61. The predicted molar refractivity (Wildman–Crippen MR) is 100 cm³/mol. The Morgan fingerprint density at radius 3 is 2.45 bits per heavy atom. The number of nitrogens with one attached hydrogen (secondary N) is 1. The summed E-state index contributed by atoms with van der Waals surface area (Å²) in [7, 11) is 0. The fourth-order valence-corrected chi connectivity index (χ4v) is 2.87. The van der Waals surface area contributed by atoms with Crippen LogP contribution in [0.5, 0.6) is 0 Å². The molecule has 0 saturated heterocycles. The zero-order chi connectivity index (χ0) is 20.6. The molecule has 29 heavy (non-hydrogen) atoms. The first-order chi connectivity index (χ1) is 13.8. The molecule has 0 aliphatic heterocycles. The third kappa shape index (κ3) is 3.68. The minimum Gasteiger partial charge on any atom is -0.384 e. The van der Waals surface area contributed by atoms with E-state index >= 15 is 0 Å². The van der Waals surface area contributed by atoms with E-state index in [4.69, 9.17) is 5.73 Å². The Bertz CT molecular complexity index is 1170. The minimum atomic E-state index is -4.70. The van der Waals surface area contributed by atoms with Crippen LogP contribution in [0, 0.1) is 0 Å². The highest BCUT2D eigenvalue weighted by Gasteiger charge is 2.39. The lowest BCUT2D eigenvalue weighted by Gasteiger charge is -2.11. The van der Waals surface area contributed by atoms with Gasteiger partial charge in [-0.1, -0.05) is 18.2 Å². The third-order valence-electron chi connectivity index (χ3n) is 4.14. The van der Waals surface area contributed by atoms with Crippen molar-refractivity contribution in [2.45, 2.75) is 12.9 Å². The molecule has 0 fully saturated rings. The number of hydrogen-bond acceptors (Lipinski definition) is 5. The molecule has 0 unspecified atom stereocenters. The van der Waals surface area contributed by atoms with E-state index in [0.29, 0.717) is 11.3 Å². The molecule has 0 spiro atoms. The van der Waals surface area contributed by atoms with Crippen molar-refractivity contribution < 1.29 is 17.6 Å². The summed E-state index contributed by atoms with van der Waals surface area (Å²) in [6.07, 6.45) is -3.26. The number of nitrogens with zero attached hydrogens (tertiary/aromatic N) is 4. The first kappa shape index (κ1) is 18.7. The van der Waals surface area contributed by atoms with Gasteiger partial charge in [0.15, 0.2) is 11.5 Å². The number of nitrogens with two attached hydrogens (primary N) is 1. The van der Waals surface area contributed by atoms with Crippen molar-refractivity contribution in [2.75, 3.05) is 11.1 Å². The average Bonchev–Trinajstić information content (AvgIpc) is 3.08. The van der Waals surface area contributed by atoms with Crippen molar-refractivity contribution in [3.63, 3.8) is 0 Å². The number of alkyl halides is 4. The number of anilines is 3. The smallest absolute Gasteiger partial charge is 0.384 e. The van der Waals surface area contributed by atoms with Crippen molar-refractivity contribution in [2.24, 2.45) is 0 Å². The zero-order valence-electron chi connectivity index (χ0n) is 14.8. The molecular formula is C19H14F4N6. The van der Waals surface area contributed by atoms with Crippen molar-refractivity contribution in [1.82, 2.24) is 19.4 Å². The Morgan fingerprint density at radius 2 is 1.76 bits per heavy atom.